The van der Waals surface area contributed by atoms with Gasteiger partial charge in [0, 0.05) is 5.92 Å². The predicted molar refractivity (Wildman–Crippen MR) is 56.7 cm³/mol. The Hall–Kier alpha value is -1.36. The molecule has 2 nitrogen and oxygen atoms in total. The van der Waals surface area contributed by atoms with Crippen LogP contribution < -0.4 is 5.32 Å². The molecule has 92 valence electrons. The lowest BCUT2D eigenvalue weighted by atomic mass is 9.86. The van der Waals surface area contributed by atoms with Crippen molar-refractivity contribution in [2.75, 3.05) is 13.1 Å². The van der Waals surface area contributed by atoms with Crippen LogP contribution >= 0.6 is 0 Å². The van der Waals surface area contributed by atoms with E-state index in [-0.39, 0.29) is 17.9 Å². The van der Waals surface area contributed by atoms with Gasteiger partial charge in [-0.2, -0.15) is 13.2 Å². The molecule has 1 aliphatic rings. The standard InChI is InChI=1S/C12H12F3NO/c13-12(14,15)10-4-2-1-3-8(10)9-5-6-16-7-11(9)17/h1-4,9,16H,5-7H2. The predicted octanol–water partition coefficient (Wildman–Crippen LogP) is 2.35. The number of nitrogens with one attached hydrogen (secondary N) is 1. The highest BCUT2D eigenvalue weighted by atomic mass is 19.4. The molecule has 1 heterocycles. The van der Waals surface area contributed by atoms with E-state index in [1.165, 1.54) is 12.1 Å². The first-order valence-electron chi connectivity index (χ1n) is 5.39. The fourth-order valence-corrected chi connectivity index (χ4v) is 2.13. The molecule has 0 aliphatic carbocycles. The molecule has 0 radical (unpaired) electrons. The Labute approximate surface area is 96.8 Å². The minimum atomic E-state index is -4.40. The number of halogens is 3. The SMILES string of the molecule is O=C1CNCCC1c1ccccc1C(F)(F)F. The van der Waals surface area contributed by atoms with Gasteiger partial charge in [0.05, 0.1) is 12.1 Å². The third kappa shape index (κ3) is 2.49. The van der Waals surface area contributed by atoms with Crippen LogP contribution in [0.3, 0.4) is 0 Å². The number of hydrogen-bond donors (Lipinski definition) is 1. The molecule has 1 saturated heterocycles. The van der Waals surface area contributed by atoms with Crippen LogP contribution in [-0.4, -0.2) is 18.9 Å². The molecule has 1 aromatic carbocycles. The van der Waals surface area contributed by atoms with Crippen molar-refractivity contribution in [3.05, 3.63) is 35.4 Å². The van der Waals surface area contributed by atoms with Gasteiger partial charge >= 0.3 is 6.18 Å². The van der Waals surface area contributed by atoms with Crippen molar-refractivity contribution in [2.24, 2.45) is 0 Å². The smallest absolute Gasteiger partial charge is 0.310 e. The number of carbonyl (C=O) groups excluding carboxylic acids is 1. The van der Waals surface area contributed by atoms with E-state index in [2.05, 4.69) is 5.32 Å². The van der Waals surface area contributed by atoms with E-state index >= 15 is 0 Å². The van der Waals surface area contributed by atoms with Crippen LogP contribution in [0.4, 0.5) is 13.2 Å². The summed E-state index contributed by atoms with van der Waals surface area (Å²) < 4.78 is 38.4. The fraction of sp³-hybridized carbons (Fsp3) is 0.417. The van der Waals surface area contributed by atoms with E-state index in [1.54, 1.807) is 6.07 Å². The monoisotopic (exact) mass is 243 g/mol. The molecule has 2 rings (SSSR count). The molecule has 1 unspecified atom stereocenters. The molecule has 1 aromatic rings. The summed E-state index contributed by atoms with van der Waals surface area (Å²) in [5, 5.41) is 2.86. The third-order valence-corrected chi connectivity index (χ3v) is 2.94. The molecule has 0 bridgehead atoms. The largest absolute Gasteiger partial charge is 0.416 e. The van der Waals surface area contributed by atoms with Crippen molar-refractivity contribution in [2.45, 2.75) is 18.5 Å². The molecule has 1 fully saturated rings. The second-order valence-electron chi connectivity index (χ2n) is 4.07. The van der Waals surface area contributed by atoms with Crippen LogP contribution in [-0.2, 0) is 11.0 Å². The Balaban J connectivity index is 2.41. The number of ketones is 1. The lowest BCUT2D eigenvalue weighted by Crippen LogP contribution is -2.36. The minimum absolute atomic E-state index is 0.103. The zero-order valence-electron chi connectivity index (χ0n) is 9.05. The van der Waals surface area contributed by atoms with E-state index in [0.717, 1.165) is 6.07 Å². The Kier molecular flexibility index (Phi) is 3.19. The van der Waals surface area contributed by atoms with Crippen molar-refractivity contribution in [3.63, 3.8) is 0 Å². The van der Waals surface area contributed by atoms with E-state index in [9.17, 15) is 18.0 Å². The lowest BCUT2D eigenvalue weighted by molar-refractivity contribution is -0.138. The van der Waals surface area contributed by atoms with E-state index < -0.39 is 17.7 Å². The number of carbonyl (C=O) groups is 1. The van der Waals surface area contributed by atoms with Gasteiger partial charge < -0.3 is 5.32 Å². The molecular weight excluding hydrogens is 231 g/mol. The normalized spacial score (nSPS) is 21.6. The maximum absolute atomic E-state index is 12.8. The maximum atomic E-state index is 12.8. The number of benzene rings is 1. The first-order chi connectivity index (χ1) is 8.00. The topological polar surface area (TPSA) is 29.1 Å². The van der Waals surface area contributed by atoms with Gasteiger partial charge in [0.1, 0.15) is 0 Å². The Morgan fingerprint density at radius 3 is 2.59 bits per heavy atom. The van der Waals surface area contributed by atoms with E-state index in [4.69, 9.17) is 0 Å². The molecule has 1 atom stereocenters. The number of hydrogen-bond acceptors (Lipinski definition) is 2. The van der Waals surface area contributed by atoms with E-state index in [0.29, 0.717) is 13.0 Å². The zero-order valence-corrected chi connectivity index (χ0v) is 9.05. The number of piperidine rings is 1. The summed E-state index contributed by atoms with van der Waals surface area (Å²) in [5.41, 5.74) is -0.591. The van der Waals surface area contributed by atoms with Crippen LogP contribution in [0.2, 0.25) is 0 Å². The van der Waals surface area contributed by atoms with Crippen molar-refractivity contribution >= 4 is 5.78 Å². The maximum Gasteiger partial charge on any atom is 0.416 e. The summed E-state index contributed by atoms with van der Waals surface area (Å²) in [5.74, 6) is -0.804. The van der Waals surface area contributed by atoms with Gasteiger partial charge in [0.15, 0.2) is 5.78 Å². The first kappa shape index (κ1) is 12.1. The van der Waals surface area contributed by atoms with Gasteiger partial charge in [-0.05, 0) is 24.6 Å². The second kappa shape index (κ2) is 4.49. The Bertz CT molecular complexity index is 428. The van der Waals surface area contributed by atoms with Crippen molar-refractivity contribution in [1.29, 1.82) is 0 Å². The molecule has 1 N–H and O–H groups in total. The summed E-state index contributed by atoms with van der Waals surface area (Å²) in [6, 6.07) is 5.32. The molecule has 5 heteroatoms. The summed E-state index contributed by atoms with van der Waals surface area (Å²) in [6.07, 6.45) is -3.98. The Morgan fingerprint density at radius 2 is 1.94 bits per heavy atom. The summed E-state index contributed by atoms with van der Waals surface area (Å²) in [6.45, 7) is 0.722. The fourth-order valence-electron chi connectivity index (χ4n) is 2.13. The van der Waals surface area contributed by atoms with Crippen LogP contribution in [0, 0.1) is 0 Å². The summed E-state index contributed by atoms with van der Waals surface area (Å²) in [7, 11) is 0. The number of alkyl halides is 3. The minimum Gasteiger partial charge on any atom is -0.310 e. The third-order valence-electron chi connectivity index (χ3n) is 2.94. The van der Waals surface area contributed by atoms with Crippen LogP contribution in [0.1, 0.15) is 23.5 Å². The van der Waals surface area contributed by atoms with Crippen LogP contribution in [0.15, 0.2) is 24.3 Å². The quantitative estimate of drug-likeness (QED) is 0.820. The average molecular weight is 243 g/mol. The van der Waals surface area contributed by atoms with E-state index in [1.807, 2.05) is 0 Å². The Morgan fingerprint density at radius 1 is 1.24 bits per heavy atom. The average Bonchev–Trinajstić information content (AvgIpc) is 2.28. The summed E-state index contributed by atoms with van der Waals surface area (Å²) >= 11 is 0. The van der Waals surface area contributed by atoms with Gasteiger partial charge in [0.25, 0.3) is 0 Å². The highest BCUT2D eigenvalue weighted by Gasteiger charge is 2.36. The number of rotatable bonds is 1. The van der Waals surface area contributed by atoms with Gasteiger partial charge in [-0.1, -0.05) is 18.2 Å². The molecule has 0 saturated carbocycles. The second-order valence-corrected chi connectivity index (χ2v) is 4.07. The molecule has 0 aromatic heterocycles. The van der Waals surface area contributed by atoms with Gasteiger partial charge in [0.2, 0.25) is 0 Å². The first-order valence-corrected chi connectivity index (χ1v) is 5.39. The van der Waals surface area contributed by atoms with Gasteiger partial charge in [-0.15, -0.1) is 0 Å². The summed E-state index contributed by atoms with van der Waals surface area (Å²) in [4.78, 5) is 11.6. The zero-order chi connectivity index (χ0) is 12.5. The molecule has 1 aliphatic heterocycles. The van der Waals surface area contributed by atoms with Crippen molar-refractivity contribution in [1.82, 2.24) is 5.32 Å². The molecule has 0 spiro atoms. The lowest BCUT2D eigenvalue weighted by Gasteiger charge is -2.24. The number of Topliss-reactive ketones (excluding diaryl/α,β-unsaturated/α-hetero) is 1. The highest BCUT2D eigenvalue weighted by molar-refractivity contribution is 5.88. The molecule has 17 heavy (non-hydrogen) atoms. The van der Waals surface area contributed by atoms with Crippen molar-refractivity contribution in [3.8, 4) is 0 Å². The van der Waals surface area contributed by atoms with Gasteiger partial charge in [-0.25, -0.2) is 0 Å². The van der Waals surface area contributed by atoms with Crippen molar-refractivity contribution < 1.29 is 18.0 Å². The molecular formula is C12H12F3NO. The highest BCUT2D eigenvalue weighted by Crippen LogP contribution is 2.36. The molecule has 0 amide bonds. The van der Waals surface area contributed by atoms with Gasteiger partial charge in [-0.3, -0.25) is 4.79 Å². The van der Waals surface area contributed by atoms with Crippen LogP contribution in [0.25, 0.3) is 0 Å². The van der Waals surface area contributed by atoms with Crippen LogP contribution in [0.5, 0.6) is 0 Å².